The van der Waals surface area contributed by atoms with Crippen molar-refractivity contribution in [3.8, 4) is 0 Å². The molecule has 2 rings (SSSR count). The second-order valence-corrected chi connectivity index (χ2v) is 6.49. The fraction of sp³-hybridized carbons (Fsp3) is 0.250. The number of ether oxygens (including phenoxy) is 1. The molecule has 5 heteroatoms. The van der Waals surface area contributed by atoms with Crippen molar-refractivity contribution < 1.29 is 19.2 Å². The van der Waals surface area contributed by atoms with Crippen LogP contribution in [0.15, 0.2) is 59.8 Å². The highest BCUT2D eigenvalue weighted by Crippen LogP contribution is 2.21. The Morgan fingerprint density at radius 1 is 0.840 bits per heavy atom. The van der Waals surface area contributed by atoms with Gasteiger partial charge in [-0.1, -0.05) is 51.1 Å². The molecule has 2 aromatic rings. The van der Waals surface area contributed by atoms with Crippen molar-refractivity contribution in [3.63, 3.8) is 0 Å². The topological polar surface area (TPSA) is 65.0 Å². The molecule has 130 valence electrons. The molecule has 0 heterocycles. The van der Waals surface area contributed by atoms with Crippen LogP contribution in [0, 0.1) is 5.41 Å². The van der Waals surface area contributed by atoms with Crippen molar-refractivity contribution in [3.05, 3.63) is 71.3 Å². The van der Waals surface area contributed by atoms with Gasteiger partial charge in [-0.2, -0.15) is 0 Å². The molecule has 25 heavy (non-hydrogen) atoms. The molecular weight excluding hydrogens is 318 g/mol. The van der Waals surface area contributed by atoms with E-state index in [1.54, 1.807) is 48.5 Å². The Morgan fingerprint density at radius 3 is 1.92 bits per heavy atom. The van der Waals surface area contributed by atoms with Crippen LogP contribution in [0.25, 0.3) is 0 Å². The van der Waals surface area contributed by atoms with Crippen molar-refractivity contribution in [1.82, 2.24) is 0 Å². The van der Waals surface area contributed by atoms with Gasteiger partial charge in [0, 0.05) is 16.5 Å². The number of carbonyl (C=O) groups is 2. The number of carbonyl (C=O) groups excluding carboxylic acids is 2. The fourth-order valence-corrected chi connectivity index (χ4v) is 2.13. The average Bonchev–Trinajstić information content (AvgIpc) is 2.60. The van der Waals surface area contributed by atoms with Crippen LogP contribution in [0.2, 0.25) is 0 Å². The largest absolute Gasteiger partial charge is 0.400 e. The smallest absolute Gasteiger partial charge is 0.344 e. The molecule has 0 spiro atoms. The Morgan fingerprint density at radius 2 is 1.40 bits per heavy atom. The first-order valence-corrected chi connectivity index (χ1v) is 7.86. The molecule has 2 aromatic carbocycles. The Labute approximate surface area is 147 Å². The number of nitrogens with zero attached hydrogens (tertiary/aromatic N) is 1. The maximum absolute atomic E-state index is 12.3. The zero-order valence-electron chi connectivity index (χ0n) is 14.8. The number of hydrogen-bond donors (Lipinski definition) is 0. The van der Waals surface area contributed by atoms with E-state index < -0.39 is 11.4 Å². The lowest BCUT2D eigenvalue weighted by atomic mass is 9.86. The predicted octanol–water partition coefficient (Wildman–Crippen LogP) is 4.08. The molecule has 0 unspecified atom stereocenters. The summed E-state index contributed by atoms with van der Waals surface area (Å²) >= 11 is 0. The Bertz CT molecular complexity index is 772. The lowest BCUT2D eigenvalue weighted by Crippen LogP contribution is -2.20. The van der Waals surface area contributed by atoms with Gasteiger partial charge in [0.1, 0.15) is 7.11 Å². The Balaban J connectivity index is 2.17. The predicted molar refractivity (Wildman–Crippen MR) is 95.6 cm³/mol. The highest BCUT2D eigenvalue weighted by molar-refractivity contribution is 6.05. The number of Topliss-reactive ketones (excluding diaryl/α,β-unsaturated/α-hetero) is 1. The second-order valence-electron chi connectivity index (χ2n) is 6.49. The molecule has 0 radical (unpaired) electrons. The van der Waals surface area contributed by atoms with Crippen molar-refractivity contribution in [2.24, 2.45) is 10.6 Å². The number of rotatable bonds is 4. The van der Waals surface area contributed by atoms with E-state index in [1.807, 2.05) is 26.8 Å². The molecule has 0 amide bonds. The molecule has 0 aromatic heterocycles. The second kappa shape index (κ2) is 7.75. The highest BCUT2D eigenvalue weighted by Gasteiger charge is 2.23. The lowest BCUT2D eigenvalue weighted by Gasteiger charge is -2.16. The molecule has 0 aliphatic rings. The van der Waals surface area contributed by atoms with Gasteiger partial charge >= 0.3 is 5.97 Å². The SMILES string of the molecule is CON=C(OC(=O)c1ccc(C(=O)C(C)(C)C)cc1)c1ccccc1. The summed E-state index contributed by atoms with van der Waals surface area (Å²) < 4.78 is 5.33. The van der Waals surface area contributed by atoms with Crippen molar-refractivity contribution in [2.45, 2.75) is 20.8 Å². The summed E-state index contributed by atoms with van der Waals surface area (Å²) in [5, 5.41) is 3.76. The van der Waals surface area contributed by atoms with E-state index in [1.165, 1.54) is 7.11 Å². The standard InChI is InChI=1S/C20H21NO4/c1-20(2,3)17(22)14-10-12-16(13-11-14)19(23)25-18(21-24-4)15-8-6-5-7-9-15/h5-13H,1-4H3. The number of benzene rings is 2. The maximum Gasteiger partial charge on any atom is 0.344 e. The first kappa shape index (κ1) is 18.4. The van der Waals surface area contributed by atoms with E-state index in [4.69, 9.17) is 9.57 Å². The minimum Gasteiger partial charge on any atom is -0.400 e. The van der Waals surface area contributed by atoms with Gasteiger partial charge in [0.15, 0.2) is 5.78 Å². The van der Waals surface area contributed by atoms with E-state index in [-0.39, 0.29) is 11.7 Å². The van der Waals surface area contributed by atoms with E-state index in [9.17, 15) is 9.59 Å². The van der Waals surface area contributed by atoms with Crippen LogP contribution in [0.4, 0.5) is 0 Å². The average molecular weight is 339 g/mol. The first-order chi connectivity index (χ1) is 11.8. The number of oxime groups is 1. The minimum atomic E-state index is -0.575. The summed E-state index contributed by atoms with van der Waals surface area (Å²) in [6.07, 6.45) is 0. The molecule has 0 atom stereocenters. The van der Waals surface area contributed by atoms with Gasteiger partial charge in [0.2, 0.25) is 0 Å². The molecule has 0 N–H and O–H groups in total. The molecule has 0 fully saturated rings. The molecule has 0 saturated heterocycles. The van der Waals surface area contributed by atoms with E-state index in [0.29, 0.717) is 16.7 Å². The van der Waals surface area contributed by atoms with Gasteiger partial charge in [-0.3, -0.25) is 4.79 Å². The van der Waals surface area contributed by atoms with Crippen LogP contribution in [0.5, 0.6) is 0 Å². The highest BCUT2D eigenvalue weighted by atomic mass is 16.6. The van der Waals surface area contributed by atoms with Crippen molar-refractivity contribution in [1.29, 1.82) is 0 Å². The minimum absolute atomic E-state index is 0.0123. The third kappa shape index (κ3) is 4.76. The Hall–Kier alpha value is -2.95. The molecule has 0 aliphatic carbocycles. The van der Waals surface area contributed by atoms with Crippen LogP contribution >= 0.6 is 0 Å². The molecule has 0 bridgehead atoms. The van der Waals surface area contributed by atoms with Crippen LogP contribution < -0.4 is 0 Å². The quantitative estimate of drug-likeness (QED) is 0.277. The summed E-state index contributed by atoms with van der Waals surface area (Å²) in [5.74, 6) is -0.490. The molecular formula is C20H21NO4. The van der Waals surface area contributed by atoms with Crippen LogP contribution in [0.1, 0.15) is 47.1 Å². The monoisotopic (exact) mass is 339 g/mol. The summed E-state index contributed by atoms with van der Waals surface area (Å²) in [5.41, 5.74) is 1.02. The third-order valence-corrected chi connectivity index (χ3v) is 3.45. The van der Waals surface area contributed by atoms with E-state index in [0.717, 1.165) is 0 Å². The van der Waals surface area contributed by atoms with Crippen molar-refractivity contribution >= 4 is 17.7 Å². The summed E-state index contributed by atoms with van der Waals surface area (Å²) in [7, 11) is 1.38. The van der Waals surface area contributed by atoms with Gasteiger partial charge < -0.3 is 9.57 Å². The summed E-state index contributed by atoms with van der Waals surface area (Å²) in [6, 6.07) is 15.4. The van der Waals surface area contributed by atoms with Gasteiger partial charge in [-0.05, 0) is 29.4 Å². The molecule has 0 saturated carbocycles. The van der Waals surface area contributed by atoms with Crippen LogP contribution in [0.3, 0.4) is 0 Å². The normalized spacial score (nSPS) is 11.8. The number of hydrogen-bond acceptors (Lipinski definition) is 5. The zero-order valence-corrected chi connectivity index (χ0v) is 14.8. The van der Waals surface area contributed by atoms with Gasteiger partial charge in [-0.25, -0.2) is 4.79 Å². The summed E-state index contributed by atoms with van der Waals surface area (Å²) in [6.45, 7) is 5.56. The number of ketones is 1. The molecule has 0 aliphatic heterocycles. The third-order valence-electron chi connectivity index (χ3n) is 3.45. The van der Waals surface area contributed by atoms with Crippen molar-refractivity contribution in [2.75, 3.05) is 7.11 Å². The maximum atomic E-state index is 12.3. The fourth-order valence-electron chi connectivity index (χ4n) is 2.13. The van der Waals surface area contributed by atoms with Crippen LogP contribution in [-0.2, 0) is 9.57 Å². The van der Waals surface area contributed by atoms with Gasteiger partial charge in [0.25, 0.3) is 5.90 Å². The zero-order chi connectivity index (χ0) is 18.4. The Kier molecular flexibility index (Phi) is 5.70. The van der Waals surface area contributed by atoms with Gasteiger partial charge in [0.05, 0.1) is 5.56 Å². The molecule has 5 nitrogen and oxygen atoms in total. The lowest BCUT2D eigenvalue weighted by molar-refractivity contribution is 0.0702. The van der Waals surface area contributed by atoms with Gasteiger partial charge in [-0.15, -0.1) is 0 Å². The van der Waals surface area contributed by atoms with Crippen LogP contribution in [-0.4, -0.2) is 24.8 Å². The van der Waals surface area contributed by atoms with E-state index >= 15 is 0 Å². The summed E-state index contributed by atoms with van der Waals surface area (Å²) in [4.78, 5) is 29.3. The van der Waals surface area contributed by atoms with E-state index in [2.05, 4.69) is 5.16 Å². The number of esters is 1. The first-order valence-electron chi connectivity index (χ1n) is 7.86.